The Hall–Kier alpha value is -3.67. The molecule has 0 saturated heterocycles. The lowest BCUT2D eigenvalue weighted by Crippen LogP contribution is -2.37. The molecule has 3 aromatic carbocycles. The van der Waals surface area contributed by atoms with Crippen molar-refractivity contribution in [3.8, 4) is 11.5 Å². The van der Waals surface area contributed by atoms with Crippen LogP contribution in [0.3, 0.4) is 0 Å². The molecule has 0 saturated carbocycles. The number of amides is 1. The van der Waals surface area contributed by atoms with Crippen LogP contribution in [0.4, 0.5) is 11.4 Å². The monoisotopic (exact) mass is 445 g/mol. The Kier molecular flexibility index (Phi) is 6.73. The molecular weight excluding hydrogens is 414 g/mol. The van der Waals surface area contributed by atoms with E-state index in [-0.39, 0.29) is 11.9 Å². The van der Waals surface area contributed by atoms with Gasteiger partial charge in [-0.05, 0) is 47.9 Å². The predicted molar refractivity (Wildman–Crippen MR) is 133 cm³/mol. The third-order valence-electron chi connectivity index (χ3n) is 6.20. The van der Waals surface area contributed by atoms with Crippen LogP contribution in [0.1, 0.15) is 27.5 Å². The first-order valence-electron chi connectivity index (χ1n) is 11.1. The highest BCUT2D eigenvalue weighted by molar-refractivity contribution is 5.97. The lowest BCUT2D eigenvalue weighted by molar-refractivity contribution is 0.0948. The van der Waals surface area contributed by atoms with Gasteiger partial charge in [-0.15, -0.1) is 0 Å². The minimum atomic E-state index is -0.170. The SMILES string of the molecule is COc1ccc(C(=O)NC[C@H](c2ccc(N(C)C)cc2)N2CCc3ccccc32)c(OC)c1. The number of rotatable bonds is 8. The number of carbonyl (C=O) groups excluding carboxylic acids is 1. The highest BCUT2D eigenvalue weighted by Crippen LogP contribution is 2.35. The summed E-state index contributed by atoms with van der Waals surface area (Å²) in [6, 6.07) is 22.3. The number of hydrogen-bond donors (Lipinski definition) is 1. The van der Waals surface area contributed by atoms with Gasteiger partial charge in [0.15, 0.2) is 0 Å². The van der Waals surface area contributed by atoms with Gasteiger partial charge in [0.1, 0.15) is 11.5 Å². The van der Waals surface area contributed by atoms with Crippen molar-refractivity contribution in [3.05, 3.63) is 83.4 Å². The van der Waals surface area contributed by atoms with Crippen molar-refractivity contribution in [1.29, 1.82) is 0 Å². The topological polar surface area (TPSA) is 54.0 Å². The molecule has 1 atom stereocenters. The van der Waals surface area contributed by atoms with E-state index in [2.05, 4.69) is 63.6 Å². The summed E-state index contributed by atoms with van der Waals surface area (Å²) < 4.78 is 10.7. The Bertz CT molecular complexity index is 1110. The van der Waals surface area contributed by atoms with Gasteiger partial charge in [0, 0.05) is 44.6 Å². The van der Waals surface area contributed by atoms with Crippen LogP contribution in [0.25, 0.3) is 0 Å². The van der Waals surface area contributed by atoms with E-state index in [0.717, 1.165) is 18.7 Å². The minimum absolute atomic E-state index is 0.0121. The largest absolute Gasteiger partial charge is 0.497 e. The van der Waals surface area contributed by atoms with Crippen molar-refractivity contribution in [2.75, 3.05) is 51.2 Å². The second-order valence-corrected chi connectivity index (χ2v) is 8.35. The molecule has 0 bridgehead atoms. The van der Waals surface area contributed by atoms with Gasteiger partial charge in [0.25, 0.3) is 5.91 Å². The Morgan fingerprint density at radius 3 is 2.48 bits per heavy atom. The summed E-state index contributed by atoms with van der Waals surface area (Å²) in [6.45, 7) is 1.39. The van der Waals surface area contributed by atoms with Gasteiger partial charge >= 0.3 is 0 Å². The molecule has 1 heterocycles. The van der Waals surface area contributed by atoms with E-state index >= 15 is 0 Å². The zero-order valence-corrected chi connectivity index (χ0v) is 19.7. The smallest absolute Gasteiger partial charge is 0.255 e. The number of fused-ring (bicyclic) bond motifs is 1. The van der Waals surface area contributed by atoms with Gasteiger partial charge in [0.05, 0.1) is 25.8 Å². The second-order valence-electron chi connectivity index (χ2n) is 8.35. The maximum atomic E-state index is 13.1. The standard InChI is InChI=1S/C27H31N3O3/c1-29(2)21-11-9-20(10-12-21)25(30-16-15-19-7-5-6-8-24(19)30)18-28-27(31)23-14-13-22(32-3)17-26(23)33-4/h5-14,17,25H,15-16,18H2,1-4H3,(H,28,31)/t25-/m1/s1. The van der Waals surface area contributed by atoms with Gasteiger partial charge in [-0.3, -0.25) is 4.79 Å². The first kappa shape index (κ1) is 22.5. The van der Waals surface area contributed by atoms with Crippen molar-refractivity contribution < 1.29 is 14.3 Å². The van der Waals surface area contributed by atoms with Crippen molar-refractivity contribution in [2.45, 2.75) is 12.5 Å². The first-order chi connectivity index (χ1) is 16.0. The van der Waals surface area contributed by atoms with E-state index in [0.29, 0.717) is 23.6 Å². The zero-order chi connectivity index (χ0) is 23.4. The number of hydrogen-bond acceptors (Lipinski definition) is 5. The van der Waals surface area contributed by atoms with E-state index in [4.69, 9.17) is 9.47 Å². The fourth-order valence-corrected chi connectivity index (χ4v) is 4.36. The Balaban J connectivity index is 1.60. The van der Waals surface area contributed by atoms with E-state index < -0.39 is 0 Å². The summed E-state index contributed by atoms with van der Waals surface area (Å²) in [7, 11) is 7.22. The molecule has 1 amide bonds. The predicted octanol–water partition coefficient (Wildman–Crippen LogP) is 4.30. The normalized spacial score (nSPS) is 13.3. The number of ether oxygens (including phenoxy) is 2. The number of methoxy groups -OCH3 is 2. The number of para-hydroxylation sites is 1. The van der Waals surface area contributed by atoms with Crippen molar-refractivity contribution in [3.63, 3.8) is 0 Å². The van der Waals surface area contributed by atoms with Gasteiger partial charge in [-0.25, -0.2) is 0 Å². The molecule has 0 aliphatic carbocycles. The summed E-state index contributed by atoms with van der Waals surface area (Å²) >= 11 is 0. The van der Waals surface area contributed by atoms with Crippen LogP contribution in [-0.2, 0) is 6.42 Å². The number of nitrogens with one attached hydrogen (secondary N) is 1. The van der Waals surface area contributed by atoms with Crippen LogP contribution in [-0.4, -0.2) is 47.3 Å². The summed E-state index contributed by atoms with van der Waals surface area (Å²) in [6.07, 6.45) is 1.00. The molecule has 3 aromatic rings. The van der Waals surface area contributed by atoms with Crippen molar-refractivity contribution in [2.24, 2.45) is 0 Å². The number of anilines is 2. The fraction of sp³-hybridized carbons (Fsp3) is 0.296. The highest BCUT2D eigenvalue weighted by Gasteiger charge is 2.28. The maximum absolute atomic E-state index is 13.1. The summed E-state index contributed by atoms with van der Waals surface area (Å²) in [5.41, 5.74) is 5.37. The van der Waals surface area contributed by atoms with Crippen molar-refractivity contribution in [1.82, 2.24) is 5.32 Å². The van der Waals surface area contributed by atoms with E-state index in [1.54, 1.807) is 32.4 Å². The minimum Gasteiger partial charge on any atom is -0.497 e. The third-order valence-corrected chi connectivity index (χ3v) is 6.20. The number of benzene rings is 3. The number of nitrogens with zero attached hydrogens (tertiary/aromatic N) is 2. The average molecular weight is 446 g/mol. The molecule has 1 N–H and O–H groups in total. The summed E-state index contributed by atoms with van der Waals surface area (Å²) in [5.74, 6) is 0.970. The lowest BCUT2D eigenvalue weighted by Gasteiger charge is -2.31. The molecule has 172 valence electrons. The third kappa shape index (κ3) is 4.75. The van der Waals surface area contributed by atoms with E-state index in [9.17, 15) is 4.79 Å². The molecule has 6 heteroatoms. The molecule has 1 aliphatic rings. The maximum Gasteiger partial charge on any atom is 0.255 e. The Morgan fingerprint density at radius 1 is 1.03 bits per heavy atom. The quantitative estimate of drug-likeness (QED) is 0.560. The molecule has 0 spiro atoms. The second kappa shape index (κ2) is 9.86. The lowest BCUT2D eigenvalue weighted by atomic mass is 10.0. The molecule has 6 nitrogen and oxygen atoms in total. The van der Waals surface area contributed by atoms with Gasteiger partial charge in [0.2, 0.25) is 0 Å². The van der Waals surface area contributed by atoms with Crippen LogP contribution < -0.4 is 24.6 Å². The molecule has 33 heavy (non-hydrogen) atoms. The van der Waals surface area contributed by atoms with E-state index in [1.165, 1.54) is 16.8 Å². The van der Waals surface area contributed by atoms with Crippen LogP contribution in [0.2, 0.25) is 0 Å². The zero-order valence-electron chi connectivity index (χ0n) is 19.7. The van der Waals surface area contributed by atoms with Gasteiger partial charge < -0.3 is 24.6 Å². The van der Waals surface area contributed by atoms with Crippen LogP contribution in [0.5, 0.6) is 11.5 Å². The number of carbonyl (C=O) groups is 1. The molecule has 0 aromatic heterocycles. The Morgan fingerprint density at radius 2 is 1.79 bits per heavy atom. The molecule has 4 rings (SSSR count). The average Bonchev–Trinajstić information content (AvgIpc) is 3.28. The molecule has 0 unspecified atom stereocenters. The summed E-state index contributed by atoms with van der Waals surface area (Å²) in [5, 5.41) is 3.14. The van der Waals surface area contributed by atoms with Crippen LogP contribution in [0, 0.1) is 0 Å². The van der Waals surface area contributed by atoms with Gasteiger partial charge in [-0.1, -0.05) is 30.3 Å². The molecule has 1 aliphatic heterocycles. The first-order valence-corrected chi connectivity index (χ1v) is 11.1. The van der Waals surface area contributed by atoms with Crippen LogP contribution in [0.15, 0.2) is 66.7 Å². The van der Waals surface area contributed by atoms with Crippen molar-refractivity contribution >= 4 is 17.3 Å². The summed E-state index contributed by atoms with van der Waals surface area (Å²) in [4.78, 5) is 17.6. The van der Waals surface area contributed by atoms with E-state index in [1.807, 2.05) is 14.1 Å². The molecular formula is C27H31N3O3. The van der Waals surface area contributed by atoms with Crippen LogP contribution >= 0.6 is 0 Å². The highest BCUT2D eigenvalue weighted by atomic mass is 16.5. The fourth-order valence-electron chi connectivity index (χ4n) is 4.36. The molecule has 0 fully saturated rings. The van der Waals surface area contributed by atoms with Gasteiger partial charge in [-0.2, -0.15) is 0 Å². The molecule has 0 radical (unpaired) electrons. The Labute approximate surface area is 195 Å².